The topological polar surface area (TPSA) is 29.5 Å². The average molecular weight is 206 g/mol. The Bertz CT molecular complexity index is 295. The lowest BCUT2D eigenvalue weighted by Crippen LogP contribution is -2.16. The molecule has 1 N–H and O–H groups in total. The molecule has 3 atom stereocenters. The summed E-state index contributed by atoms with van der Waals surface area (Å²) in [5.41, 5.74) is 1.33. The smallest absolute Gasteiger partial charge is 0.0619 e. The Labute approximate surface area is 90.9 Å². The quantitative estimate of drug-likeness (QED) is 0.821. The summed E-state index contributed by atoms with van der Waals surface area (Å²) in [5, 5.41) is 9.02. The van der Waals surface area contributed by atoms with E-state index in [1.54, 1.807) is 0 Å². The lowest BCUT2D eigenvalue weighted by atomic mass is 9.83. The van der Waals surface area contributed by atoms with Crippen LogP contribution in [0.5, 0.6) is 0 Å². The normalized spacial score (nSPS) is 30.7. The second-order valence-electron chi connectivity index (χ2n) is 4.25. The van der Waals surface area contributed by atoms with Crippen molar-refractivity contribution in [3.05, 3.63) is 35.9 Å². The van der Waals surface area contributed by atoms with E-state index in [-0.39, 0.29) is 12.7 Å². The van der Waals surface area contributed by atoms with Crippen LogP contribution in [-0.4, -0.2) is 24.4 Å². The molecule has 0 spiro atoms. The van der Waals surface area contributed by atoms with Crippen LogP contribution in [0.1, 0.15) is 24.8 Å². The van der Waals surface area contributed by atoms with Gasteiger partial charge in [0.15, 0.2) is 0 Å². The zero-order chi connectivity index (χ0) is 10.7. The van der Waals surface area contributed by atoms with E-state index in [9.17, 15) is 0 Å². The van der Waals surface area contributed by atoms with Gasteiger partial charge >= 0.3 is 0 Å². The molecule has 1 aromatic rings. The van der Waals surface area contributed by atoms with Crippen molar-refractivity contribution in [3.8, 4) is 0 Å². The van der Waals surface area contributed by atoms with Gasteiger partial charge in [0.05, 0.1) is 12.7 Å². The summed E-state index contributed by atoms with van der Waals surface area (Å²) < 4.78 is 5.67. The Morgan fingerprint density at radius 1 is 1.33 bits per heavy atom. The highest BCUT2D eigenvalue weighted by Gasteiger charge is 2.34. The van der Waals surface area contributed by atoms with Crippen molar-refractivity contribution in [2.24, 2.45) is 5.92 Å². The predicted molar refractivity (Wildman–Crippen MR) is 59.8 cm³/mol. The number of rotatable bonds is 3. The van der Waals surface area contributed by atoms with Crippen LogP contribution in [0.25, 0.3) is 0 Å². The molecule has 0 amide bonds. The van der Waals surface area contributed by atoms with E-state index in [0.29, 0.717) is 11.8 Å². The number of aliphatic hydroxyl groups is 1. The Morgan fingerprint density at radius 2 is 2.07 bits per heavy atom. The second kappa shape index (κ2) is 4.77. The van der Waals surface area contributed by atoms with Crippen LogP contribution in [0.15, 0.2) is 30.3 Å². The molecule has 1 aromatic carbocycles. The summed E-state index contributed by atoms with van der Waals surface area (Å²) in [4.78, 5) is 0. The third-order valence-electron chi connectivity index (χ3n) is 3.27. The molecule has 2 rings (SSSR count). The third kappa shape index (κ3) is 2.21. The molecule has 1 aliphatic rings. The standard InChI is InChI=1S/C13H18O2/c1-10-13(11-5-3-2-4-6-11)12(7-8-14)9-15-10/h2-6,10,12-14H,7-9H2,1H3/t10-,12+,13+/m0/s1. The molecule has 1 saturated heterocycles. The third-order valence-corrected chi connectivity index (χ3v) is 3.27. The average Bonchev–Trinajstić information content (AvgIpc) is 2.62. The summed E-state index contributed by atoms with van der Waals surface area (Å²) in [7, 11) is 0. The fourth-order valence-electron chi connectivity index (χ4n) is 2.51. The molecule has 1 heterocycles. The highest BCUT2D eigenvalue weighted by molar-refractivity contribution is 5.22. The van der Waals surface area contributed by atoms with Crippen molar-refractivity contribution in [1.82, 2.24) is 0 Å². The molecular weight excluding hydrogens is 188 g/mol. The van der Waals surface area contributed by atoms with Crippen molar-refractivity contribution < 1.29 is 9.84 Å². The maximum atomic E-state index is 9.02. The first-order valence-corrected chi connectivity index (χ1v) is 5.60. The minimum absolute atomic E-state index is 0.254. The van der Waals surface area contributed by atoms with Gasteiger partial charge < -0.3 is 9.84 Å². The molecule has 0 aliphatic carbocycles. The van der Waals surface area contributed by atoms with Crippen molar-refractivity contribution in [1.29, 1.82) is 0 Å². The van der Waals surface area contributed by atoms with Gasteiger partial charge in [-0.05, 0) is 24.8 Å². The van der Waals surface area contributed by atoms with E-state index >= 15 is 0 Å². The van der Waals surface area contributed by atoms with Crippen LogP contribution in [0.4, 0.5) is 0 Å². The van der Waals surface area contributed by atoms with Gasteiger partial charge in [-0.1, -0.05) is 30.3 Å². The maximum absolute atomic E-state index is 9.02. The van der Waals surface area contributed by atoms with Gasteiger partial charge in [0.2, 0.25) is 0 Å². The second-order valence-corrected chi connectivity index (χ2v) is 4.25. The summed E-state index contributed by atoms with van der Waals surface area (Å²) in [6, 6.07) is 10.5. The fourth-order valence-corrected chi connectivity index (χ4v) is 2.51. The molecule has 82 valence electrons. The van der Waals surface area contributed by atoms with Crippen LogP contribution >= 0.6 is 0 Å². The summed E-state index contributed by atoms with van der Waals surface area (Å²) in [5.74, 6) is 0.908. The van der Waals surface area contributed by atoms with Gasteiger partial charge in [0.25, 0.3) is 0 Å². The number of ether oxygens (including phenoxy) is 1. The minimum Gasteiger partial charge on any atom is -0.396 e. The van der Waals surface area contributed by atoms with Crippen molar-refractivity contribution in [3.63, 3.8) is 0 Å². The van der Waals surface area contributed by atoms with Crippen molar-refractivity contribution in [2.45, 2.75) is 25.4 Å². The Hall–Kier alpha value is -0.860. The van der Waals surface area contributed by atoms with E-state index in [1.807, 2.05) is 6.07 Å². The molecule has 2 nitrogen and oxygen atoms in total. The van der Waals surface area contributed by atoms with E-state index in [1.165, 1.54) is 5.56 Å². The molecule has 1 aliphatic heterocycles. The first-order valence-electron chi connectivity index (χ1n) is 5.60. The van der Waals surface area contributed by atoms with E-state index in [2.05, 4.69) is 31.2 Å². The predicted octanol–water partition coefficient (Wildman–Crippen LogP) is 2.19. The van der Waals surface area contributed by atoms with E-state index in [4.69, 9.17) is 9.84 Å². The van der Waals surface area contributed by atoms with E-state index in [0.717, 1.165) is 13.0 Å². The van der Waals surface area contributed by atoms with Crippen LogP contribution in [-0.2, 0) is 4.74 Å². The lowest BCUT2D eigenvalue weighted by Gasteiger charge is -2.20. The molecule has 0 unspecified atom stereocenters. The van der Waals surface area contributed by atoms with Gasteiger partial charge in [-0.3, -0.25) is 0 Å². The molecule has 15 heavy (non-hydrogen) atoms. The van der Waals surface area contributed by atoms with Gasteiger partial charge in [-0.2, -0.15) is 0 Å². The number of benzene rings is 1. The number of hydrogen-bond acceptors (Lipinski definition) is 2. The molecular formula is C13H18O2. The van der Waals surface area contributed by atoms with Gasteiger partial charge in [-0.15, -0.1) is 0 Å². The van der Waals surface area contributed by atoms with Gasteiger partial charge in [0, 0.05) is 12.5 Å². The zero-order valence-corrected chi connectivity index (χ0v) is 9.10. The first-order chi connectivity index (χ1) is 7.33. The fraction of sp³-hybridized carbons (Fsp3) is 0.538. The van der Waals surface area contributed by atoms with Crippen LogP contribution in [0.3, 0.4) is 0 Å². The summed E-state index contributed by atoms with van der Waals surface area (Å²) >= 11 is 0. The van der Waals surface area contributed by atoms with E-state index < -0.39 is 0 Å². The Balaban J connectivity index is 2.17. The highest BCUT2D eigenvalue weighted by Crippen LogP contribution is 2.37. The summed E-state index contributed by atoms with van der Waals surface area (Å²) in [6.45, 7) is 3.15. The number of hydrogen-bond donors (Lipinski definition) is 1. The SMILES string of the molecule is C[C@@H]1OC[C@@H](CCO)[C@H]1c1ccccc1. The van der Waals surface area contributed by atoms with Gasteiger partial charge in [-0.25, -0.2) is 0 Å². The maximum Gasteiger partial charge on any atom is 0.0619 e. The molecule has 0 radical (unpaired) electrons. The monoisotopic (exact) mass is 206 g/mol. The van der Waals surface area contributed by atoms with Crippen molar-refractivity contribution in [2.75, 3.05) is 13.2 Å². The molecule has 0 saturated carbocycles. The molecule has 0 aromatic heterocycles. The summed E-state index contributed by atoms with van der Waals surface area (Å²) in [6.07, 6.45) is 1.10. The van der Waals surface area contributed by atoms with Crippen LogP contribution in [0, 0.1) is 5.92 Å². The largest absolute Gasteiger partial charge is 0.396 e. The molecule has 0 bridgehead atoms. The highest BCUT2D eigenvalue weighted by atomic mass is 16.5. The Kier molecular flexibility index (Phi) is 3.39. The lowest BCUT2D eigenvalue weighted by molar-refractivity contribution is 0.113. The number of aliphatic hydroxyl groups excluding tert-OH is 1. The van der Waals surface area contributed by atoms with Crippen LogP contribution < -0.4 is 0 Å². The Morgan fingerprint density at radius 3 is 2.73 bits per heavy atom. The zero-order valence-electron chi connectivity index (χ0n) is 9.10. The minimum atomic E-state index is 0.254. The van der Waals surface area contributed by atoms with Gasteiger partial charge in [0.1, 0.15) is 0 Å². The van der Waals surface area contributed by atoms with Crippen molar-refractivity contribution >= 4 is 0 Å². The first kappa shape index (κ1) is 10.7. The molecule has 1 fully saturated rings. The van der Waals surface area contributed by atoms with Crippen LogP contribution in [0.2, 0.25) is 0 Å². The molecule has 2 heteroatoms.